The topological polar surface area (TPSA) is 48.0 Å². The molecule has 29 heavy (non-hydrogen) atoms. The van der Waals surface area contributed by atoms with Gasteiger partial charge in [-0.2, -0.15) is 36.0 Å². The van der Waals surface area contributed by atoms with Crippen molar-refractivity contribution in [1.29, 1.82) is 0 Å². The molecular formula is C18H13F6N5. The third-order valence-corrected chi connectivity index (χ3v) is 4.54. The highest BCUT2D eigenvalue weighted by atomic mass is 19.4. The Balaban J connectivity index is 2.21. The van der Waals surface area contributed by atoms with E-state index in [9.17, 15) is 26.3 Å². The lowest BCUT2D eigenvalue weighted by Gasteiger charge is -2.18. The lowest BCUT2D eigenvalue weighted by Crippen LogP contribution is -2.19. The lowest BCUT2D eigenvalue weighted by atomic mass is 10.1. The number of nitrogens with zero attached hydrogens (tertiary/aromatic N) is 5. The number of hydrogen-bond acceptors (Lipinski definition) is 3. The molecule has 4 rings (SSSR count). The molecule has 152 valence electrons. The predicted octanol–water partition coefficient (Wildman–Crippen LogP) is 4.98. The van der Waals surface area contributed by atoms with E-state index in [1.54, 1.807) is 6.92 Å². The maximum absolute atomic E-state index is 13.9. The summed E-state index contributed by atoms with van der Waals surface area (Å²) < 4.78 is 84.1. The minimum Gasteiger partial charge on any atom is -0.213 e. The zero-order chi connectivity index (χ0) is 21.1. The van der Waals surface area contributed by atoms with Crippen LogP contribution in [0.3, 0.4) is 0 Å². The largest absolute Gasteiger partial charge is 0.420 e. The maximum atomic E-state index is 13.9. The van der Waals surface area contributed by atoms with Crippen LogP contribution < -0.4 is 0 Å². The first-order valence-electron chi connectivity index (χ1n) is 8.53. The van der Waals surface area contributed by atoms with Gasteiger partial charge in [-0.15, -0.1) is 5.10 Å². The zero-order valence-electron chi connectivity index (χ0n) is 15.1. The van der Waals surface area contributed by atoms with Gasteiger partial charge in [0.05, 0.1) is 17.3 Å². The van der Waals surface area contributed by atoms with Crippen molar-refractivity contribution >= 4 is 16.6 Å². The first kappa shape index (κ1) is 19.2. The number of fused-ring (bicyclic) bond motifs is 2. The van der Waals surface area contributed by atoms with Crippen LogP contribution in [-0.4, -0.2) is 24.4 Å². The molecule has 1 aromatic carbocycles. The number of para-hydroxylation sites is 1. The fourth-order valence-corrected chi connectivity index (χ4v) is 3.33. The molecule has 0 fully saturated rings. The third-order valence-electron chi connectivity index (χ3n) is 4.54. The van der Waals surface area contributed by atoms with Crippen LogP contribution >= 0.6 is 0 Å². The second-order valence-corrected chi connectivity index (χ2v) is 6.47. The van der Waals surface area contributed by atoms with Gasteiger partial charge >= 0.3 is 12.4 Å². The van der Waals surface area contributed by atoms with Crippen LogP contribution in [0.2, 0.25) is 0 Å². The molecule has 0 saturated heterocycles. The summed E-state index contributed by atoms with van der Waals surface area (Å²) >= 11 is 0. The van der Waals surface area contributed by atoms with Gasteiger partial charge in [0.2, 0.25) is 0 Å². The van der Waals surface area contributed by atoms with Gasteiger partial charge in [0.1, 0.15) is 5.56 Å². The number of aromatic nitrogens is 5. The Bertz CT molecular complexity index is 1230. The summed E-state index contributed by atoms with van der Waals surface area (Å²) in [5.41, 5.74) is -2.80. The summed E-state index contributed by atoms with van der Waals surface area (Å²) in [5, 5.41) is 7.99. The molecule has 0 aliphatic carbocycles. The van der Waals surface area contributed by atoms with Crippen LogP contribution in [0.1, 0.15) is 29.4 Å². The van der Waals surface area contributed by atoms with Crippen molar-refractivity contribution in [3.05, 3.63) is 53.0 Å². The molecule has 0 unspecified atom stereocenters. The van der Waals surface area contributed by atoms with Crippen LogP contribution in [0.15, 0.2) is 30.5 Å². The molecule has 0 N–H and O–H groups in total. The van der Waals surface area contributed by atoms with E-state index >= 15 is 0 Å². The molecule has 0 spiro atoms. The van der Waals surface area contributed by atoms with Crippen LogP contribution in [0.5, 0.6) is 0 Å². The van der Waals surface area contributed by atoms with Crippen LogP contribution in [0, 0.1) is 6.92 Å². The van der Waals surface area contributed by atoms with E-state index in [2.05, 4.69) is 15.2 Å². The summed E-state index contributed by atoms with van der Waals surface area (Å²) in [4.78, 5) is 4.16. The fourth-order valence-electron chi connectivity index (χ4n) is 3.33. The van der Waals surface area contributed by atoms with E-state index in [0.717, 1.165) is 16.8 Å². The van der Waals surface area contributed by atoms with E-state index in [-0.39, 0.29) is 22.4 Å². The van der Waals surface area contributed by atoms with Crippen LogP contribution in [-0.2, 0) is 18.8 Å². The first-order valence-corrected chi connectivity index (χ1v) is 8.53. The molecule has 0 atom stereocenters. The summed E-state index contributed by atoms with van der Waals surface area (Å²) in [6.07, 6.45) is -8.20. The number of aryl methyl sites for hydroxylation is 2. The highest BCUT2D eigenvalue weighted by Gasteiger charge is 2.40. The molecule has 0 radical (unpaired) electrons. The SMILES string of the molecule is CCc1nc2cc(C)c(C(F)(F)F)c(-n3ncc4cccc(C(F)(F)F)c43)n2n1. The lowest BCUT2D eigenvalue weighted by molar-refractivity contribution is -0.138. The summed E-state index contributed by atoms with van der Waals surface area (Å²) in [6, 6.07) is 4.54. The van der Waals surface area contributed by atoms with Gasteiger partial charge in [-0.3, -0.25) is 0 Å². The Kier molecular flexibility index (Phi) is 4.10. The molecule has 0 amide bonds. The molecule has 11 heteroatoms. The molecule has 0 bridgehead atoms. The average Bonchev–Trinajstić information content (AvgIpc) is 3.21. The fraction of sp³-hybridized carbons (Fsp3) is 0.278. The van der Waals surface area contributed by atoms with Crippen LogP contribution in [0.4, 0.5) is 26.3 Å². The van der Waals surface area contributed by atoms with E-state index in [1.165, 1.54) is 25.1 Å². The molecular weight excluding hydrogens is 400 g/mol. The molecule has 0 saturated carbocycles. The van der Waals surface area contributed by atoms with E-state index in [0.29, 0.717) is 11.1 Å². The Labute approximate surface area is 159 Å². The summed E-state index contributed by atoms with van der Waals surface area (Å²) in [5.74, 6) is -0.371. The van der Waals surface area contributed by atoms with Crippen molar-refractivity contribution in [2.45, 2.75) is 32.6 Å². The Morgan fingerprint density at radius 3 is 2.38 bits per heavy atom. The van der Waals surface area contributed by atoms with Gasteiger partial charge in [0.15, 0.2) is 17.3 Å². The summed E-state index contributed by atoms with van der Waals surface area (Å²) in [6.45, 7) is 2.94. The van der Waals surface area contributed by atoms with Gasteiger partial charge in [0, 0.05) is 11.8 Å². The monoisotopic (exact) mass is 413 g/mol. The van der Waals surface area contributed by atoms with E-state index < -0.39 is 34.8 Å². The van der Waals surface area contributed by atoms with Gasteiger partial charge in [0.25, 0.3) is 0 Å². The molecule has 5 nitrogen and oxygen atoms in total. The Hall–Kier alpha value is -3.11. The van der Waals surface area contributed by atoms with E-state index in [4.69, 9.17) is 0 Å². The second kappa shape index (κ2) is 6.19. The molecule has 3 aromatic heterocycles. The van der Waals surface area contributed by atoms with Gasteiger partial charge < -0.3 is 0 Å². The third kappa shape index (κ3) is 3.00. The molecule has 4 aromatic rings. The Morgan fingerprint density at radius 1 is 1.03 bits per heavy atom. The number of alkyl halides is 6. The standard InChI is InChI=1S/C18H13F6N5/c1-3-12-26-13-7-9(2)14(18(22,23)24)16(28(13)27-12)29-15-10(8-25-29)5-4-6-11(15)17(19,20)21/h4-8H,3H2,1-2H3. The van der Waals surface area contributed by atoms with Gasteiger partial charge in [-0.05, 0) is 24.6 Å². The summed E-state index contributed by atoms with van der Waals surface area (Å²) in [7, 11) is 0. The number of hydrogen-bond donors (Lipinski definition) is 0. The van der Waals surface area contributed by atoms with Crippen LogP contribution in [0.25, 0.3) is 22.4 Å². The Morgan fingerprint density at radius 2 is 1.76 bits per heavy atom. The highest BCUT2D eigenvalue weighted by molar-refractivity contribution is 5.84. The highest BCUT2D eigenvalue weighted by Crippen LogP contribution is 2.40. The minimum atomic E-state index is -4.85. The van der Waals surface area contributed by atoms with Crippen molar-refractivity contribution in [3.63, 3.8) is 0 Å². The quantitative estimate of drug-likeness (QED) is 0.436. The minimum absolute atomic E-state index is 0.0541. The second-order valence-electron chi connectivity index (χ2n) is 6.47. The molecule has 0 aliphatic rings. The van der Waals surface area contributed by atoms with Gasteiger partial charge in [-0.1, -0.05) is 19.1 Å². The molecule has 0 aliphatic heterocycles. The average molecular weight is 413 g/mol. The number of benzene rings is 1. The zero-order valence-corrected chi connectivity index (χ0v) is 15.1. The van der Waals surface area contributed by atoms with Gasteiger partial charge in [-0.25, -0.2) is 9.67 Å². The normalized spacial score (nSPS) is 13.0. The predicted molar refractivity (Wildman–Crippen MR) is 91.7 cm³/mol. The van der Waals surface area contributed by atoms with E-state index in [1.807, 2.05) is 0 Å². The smallest absolute Gasteiger partial charge is 0.213 e. The first-order chi connectivity index (χ1) is 13.5. The van der Waals surface area contributed by atoms with Crippen molar-refractivity contribution in [2.24, 2.45) is 0 Å². The van der Waals surface area contributed by atoms with Crippen molar-refractivity contribution in [2.75, 3.05) is 0 Å². The van der Waals surface area contributed by atoms with Crippen molar-refractivity contribution in [3.8, 4) is 5.82 Å². The number of rotatable bonds is 2. The molecule has 3 heterocycles. The number of halogens is 6. The van der Waals surface area contributed by atoms with Crippen molar-refractivity contribution < 1.29 is 26.3 Å². The van der Waals surface area contributed by atoms with Crippen molar-refractivity contribution in [1.82, 2.24) is 24.4 Å². The maximum Gasteiger partial charge on any atom is 0.420 e. The number of pyridine rings is 1.